The van der Waals surface area contributed by atoms with E-state index in [4.69, 9.17) is 0 Å². The molecular weight excluding hydrogens is 290 g/mol. The lowest BCUT2D eigenvalue weighted by Crippen LogP contribution is -2.59. The van der Waals surface area contributed by atoms with Crippen molar-refractivity contribution in [3.8, 4) is 0 Å². The monoisotopic (exact) mass is 313 g/mol. The minimum Gasteiger partial charge on any atom is -0.273 e. The molecule has 0 aromatic carbocycles. The Balaban J connectivity index is 1.44. The lowest BCUT2D eigenvalue weighted by atomic mass is 9.44. The quantitative estimate of drug-likeness (QED) is 0.824. The Bertz CT molecular complexity index is 629. The molecule has 1 heterocycles. The highest BCUT2D eigenvalue weighted by molar-refractivity contribution is 5.95. The number of amides is 2. The average molecular weight is 313 g/mol. The molecule has 4 aliphatic carbocycles. The molecule has 4 atom stereocenters. The second-order valence-corrected chi connectivity index (χ2v) is 8.20. The number of pyridine rings is 1. The second-order valence-electron chi connectivity index (χ2n) is 8.20. The van der Waals surface area contributed by atoms with Gasteiger partial charge in [0.15, 0.2) is 0 Å². The van der Waals surface area contributed by atoms with Crippen LogP contribution in [-0.4, -0.2) is 16.8 Å². The van der Waals surface area contributed by atoms with Gasteiger partial charge in [0.1, 0.15) is 0 Å². The van der Waals surface area contributed by atoms with Crippen LogP contribution in [0.25, 0.3) is 0 Å². The van der Waals surface area contributed by atoms with Gasteiger partial charge in [0.05, 0.1) is 5.41 Å². The van der Waals surface area contributed by atoms with Crippen molar-refractivity contribution in [3.63, 3.8) is 0 Å². The van der Waals surface area contributed by atoms with Crippen LogP contribution in [0.15, 0.2) is 24.5 Å². The summed E-state index contributed by atoms with van der Waals surface area (Å²) in [5, 5.41) is 0. The maximum atomic E-state index is 12.8. The van der Waals surface area contributed by atoms with Crippen LogP contribution in [0, 0.1) is 22.7 Å². The summed E-state index contributed by atoms with van der Waals surface area (Å²) in [4.78, 5) is 28.8. The summed E-state index contributed by atoms with van der Waals surface area (Å²) < 4.78 is 0. The lowest BCUT2D eigenvalue weighted by Gasteiger charge is -2.60. The van der Waals surface area contributed by atoms with Crippen LogP contribution in [0.4, 0.5) is 0 Å². The Labute approximate surface area is 136 Å². The third kappa shape index (κ3) is 2.52. The van der Waals surface area contributed by atoms with Gasteiger partial charge in [0.25, 0.3) is 5.91 Å². The molecule has 5 rings (SSSR count). The number of carbonyl (C=O) groups is 2. The van der Waals surface area contributed by atoms with Gasteiger partial charge >= 0.3 is 0 Å². The Morgan fingerprint density at radius 3 is 2.35 bits per heavy atom. The van der Waals surface area contributed by atoms with Gasteiger partial charge in [-0.15, -0.1) is 0 Å². The summed E-state index contributed by atoms with van der Waals surface area (Å²) in [5.41, 5.74) is 5.81. The Morgan fingerprint density at radius 1 is 1.09 bits per heavy atom. The van der Waals surface area contributed by atoms with Crippen LogP contribution >= 0.6 is 0 Å². The third-order valence-electron chi connectivity index (χ3n) is 6.07. The minimum absolute atomic E-state index is 0.000214. The molecule has 4 aliphatic rings. The van der Waals surface area contributed by atoms with Crippen LogP contribution in [0.3, 0.4) is 0 Å². The number of nitrogens with zero attached hydrogens (tertiary/aromatic N) is 1. The van der Waals surface area contributed by atoms with Crippen molar-refractivity contribution < 1.29 is 9.59 Å². The fraction of sp³-hybridized carbons (Fsp3) is 0.611. The zero-order chi connectivity index (χ0) is 16.1. The molecule has 2 amide bonds. The number of hydrazine groups is 1. The van der Waals surface area contributed by atoms with E-state index in [-0.39, 0.29) is 17.2 Å². The molecule has 2 N–H and O–H groups in total. The topological polar surface area (TPSA) is 71.1 Å². The van der Waals surface area contributed by atoms with Crippen LogP contribution < -0.4 is 10.9 Å². The van der Waals surface area contributed by atoms with Crippen LogP contribution in [-0.2, 0) is 4.79 Å². The van der Waals surface area contributed by atoms with E-state index in [0.717, 1.165) is 19.3 Å². The number of carbonyl (C=O) groups excluding carboxylic acids is 2. The lowest BCUT2D eigenvalue weighted by molar-refractivity contribution is -0.156. The summed E-state index contributed by atoms with van der Waals surface area (Å²) in [6, 6.07) is 3.26. The first-order chi connectivity index (χ1) is 11.0. The van der Waals surface area contributed by atoms with Gasteiger partial charge < -0.3 is 0 Å². The molecule has 2 unspecified atom stereocenters. The summed E-state index contributed by atoms with van der Waals surface area (Å²) >= 11 is 0. The molecule has 0 spiro atoms. The predicted octanol–water partition coefficient (Wildman–Crippen LogP) is 2.45. The number of hydrogen-bond acceptors (Lipinski definition) is 3. The van der Waals surface area contributed by atoms with Crippen molar-refractivity contribution in [1.82, 2.24) is 15.8 Å². The second kappa shape index (κ2) is 5.05. The van der Waals surface area contributed by atoms with E-state index in [1.807, 2.05) is 0 Å². The first kappa shape index (κ1) is 14.7. The molecule has 1 aromatic rings. The molecule has 5 nitrogen and oxygen atoms in total. The van der Waals surface area contributed by atoms with Gasteiger partial charge in [-0.2, -0.15) is 0 Å². The van der Waals surface area contributed by atoms with Crippen LogP contribution in [0.5, 0.6) is 0 Å². The zero-order valence-corrected chi connectivity index (χ0v) is 13.5. The van der Waals surface area contributed by atoms with Gasteiger partial charge in [-0.05, 0) is 67.9 Å². The standard InChI is InChI=1S/C18H23N3O2/c1-17-7-12-6-13(8-17)10-18(9-12,11-17)16(23)21-20-15(22)14-2-4-19-5-3-14/h2-5,12-13H,6-11H2,1H3,(H,20,22)(H,21,23)/t12-,13+,17?,18?. The van der Waals surface area contributed by atoms with Crippen molar-refractivity contribution in [2.75, 3.05) is 0 Å². The molecule has 4 saturated carbocycles. The summed E-state index contributed by atoms with van der Waals surface area (Å²) in [6.45, 7) is 2.34. The average Bonchev–Trinajstić information content (AvgIpc) is 2.50. The third-order valence-corrected chi connectivity index (χ3v) is 6.07. The SMILES string of the molecule is CC12C[C@H]3C[C@@H](C1)CC(C(=O)NNC(=O)c1ccncc1)(C3)C2. The van der Waals surface area contributed by atoms with Gasteiger partial charge in [0.2, 0.25) is 5.91 Å². The Morgan fingerprint density at radius 2 is 1.74 bits per heavy atom. The largest absolute Gasteiger partial charge is 0.273 e. The van der Waals surface area contributed by atoms with Crippen molar-refractivity contribution in [2.45, 2.75) is 45.4 Å². The van der Waals surface area contributed by atoms with Gasteiger partial charge in [-0.25, -0.2) is 0 Å². The van der Waals surface area contributed by atoms with E-state index in [2.05, 4.69) is 22.8 Å². The molecule has 4 fully saturated rings. The predicted molar refractivity (Wildman–Crippen MR) is 85.1 cm³/mol. The van der Waals surface area contributed by atoms with Crippen LogP contribution in [0.2, 0.25) is 0 Å². The van der Waals surface area contributed by atoms with Gasteiger partial charge in [-0.3, -0.25) is 25.4 Å². The molecule has 0 radical (unpaired) electrons. The maximum Gasteiger partial charge on any atom is 0.269 e. The summed E-state index contributed by atoms with van der Waals surface area (Å²) in [6.07, 6.45) is 9.88. The fourth-order valence-corrected chi connectivity index (χ4v) is 5.81. The first-order valence-electron chi connectivity index (χ1n) is 8.49. The van der Waals surface area contributed by atoms with Crippen molar-refractivity contribution >= 4 is 11.8 Å². The molecule has 4 bridgehead atoms. The summed E-state index contributed by atoms with van der Waals surface area (Å²) in [7, 11) is 0. The molecule has 0 saturated heterocycles. The summed E-state index contributed by atoms with van der Waals surface area (Å²) in [5.74, 6) is 1.07. The van der Waals surface area contributed by atoms with Crippen molar-refractivity contribution in [1.29, 1.82) is 0 Å². The number of nitrogens with one attached hydrogen (secondary N) is 2. The smallest absolute Gasteiger partial charge is 0.269 e. The van der Waals surface area contributed by atoms with Gasteiger partial charge in [0, 0.05) is 18.0 Å². The first-order valence-corrected chi connectivity index (χ1v) is 8.49. The molecule has 5 heteroatoms. The molecule has 1 aromatic heterocycles. The zero-order valence-electron chi connectivity index (χ0n) is 13.5. The van der Waals surface area contributed by atoms with Crippen LogP contribution in [0.1, 0.15) is 55.8 Å². The van der Waals surface area contributed by atoms with E-state index < -0.39 is 0 Å². The minimum atomic E-state index is -0.295. The van der Waals surface area contributed by atoms with Crippen molar-refractivity contribution in [3.05, 3.63) is 30.1 Å². The Hall–Kier alpha value is -1.91. The van der Waals surface area contributed by atoms with Crippen molar-refractivity contribution in [2.24, 2.45) is 22.7 Å². The van der Waals surface area contributed by atoms with E-state index in [1.165, 1.54) is 19.3 Å². The molecule has 23 heavy (non-hydrogen) atoms. The maximum absolute atomic E-state index is 12.8. The molecule has 0 aliphatic heterocycles. The molecule has 122 valence electrons. The van der Waals surface area contributed by atoms with E-state index >= 15 is 0 Å². The van der Waals surface area contributed by atoms with Gasteiger partial charge in [-0.1, -0.05) is 6.92 Å². The number of rotatable bonds is 2. The Kier molecular flexibility index (Phi) is 3.22. The highest BCUT2D eigenvalue weighted by Crippen LogP contribution is 2.65. The van der Waals surface area contributed by atoms with E-state index in [1.54, 1.807) is 24.5 Å². The highest BCUT2D eigenvalue weighted by Gasteiger charge is 2.58. The van der Waals surface area contributed by atoms with E-state index in [0.29, 0.717) is 22.8 Å². The number of hydrogen-bond donors (Lipinski definition) is 2. The fourth-order valence-electron chi connectivity index (χ4n) is 5.81. The molecular formula is C18H23N3O2. The number of aromatic nitrogens is 1. The highest BCUT2D eigenvalue weighted by atomic mass is 16.2. The normalized spacial score (nSPS) is 37.4. The van der Waals surface area contributed by atoms with E-state index in [9.17, 15) is 9.59 Å².